The first-order chi connectivity index (χ1) is 10.9. The van der Waals surface area contributed by atoms with Crippen molar-refractivity contribution in [1.82, 2.24) is 19.6 Å². The highest BCUT2D eigenvalue weighted by atomic mass is 79.9. The molecule has 0 unspecified atom stereocenters. The summed E-state index contributed by atoms with van der Waals surface area (Å²) < 4.78 is 48.4. The number of fused-ring (bicyclic) bond motifs is 1. The summed E-state index contributed by atoms with van der Waals surface area (Å²) in [4.78, 5) is 8.13. The minimum absolute atomic E-state index is 0.122. The van der Waals surface area contributed by atoms with Crippen LogP contribution in [0.1, 0.15) is 12.8 Å². The topological polar surface area (TPSA) is 73.6 Å². The summed E-state index contributed by atoms with van der Waals surface area (Å²) in [6.45, 7) is -0.134. The molecule has 0 radical (unpaired) electrons. The van der Waals surface area contributed by atoms with Gasteiger partial charge < -0.3 is 14.8 Å². The molecule has 3 heterocycles. The molecule has 0 amide bonds. The first-order valence-corrected chi connectivity index (χ1v) is 7.67. The number of rotatable bonds is 4. The predicted octanol–water partition coefficient (Wildman–Crippen LogP) is 2.42. The van der Waals surface area contributed by atoms with Crippen LogP contribution in [0, 0.1) is 0 Å². The summed E-state index contributed by atoms with van der Waals surface area (Å²) in [6.07, 6.45) is -1.43. The molecule has 0 aliphatic carbocycles. The van der Waals surface area contributed by atoms with Crippen LogP contribution in [-0.2, 0) is 4.74 Å². The maximum absolute atomic E-state index is 12.4. The van der Waals surface area contributed by atoms with E-state index in [2.05, 4.69) is 36.3 Å². The number of aromatic nitrogens is 4. The summed E-state index contributed by atoms with van der Waals surface area (Å²) in [7, 11) is 0. The van der Waals surface area contributed by atoms with E-state index in [9.17, 15) is 13.2 Å². The number of alkyl halides is 3. The Morgan fingerprint density at radius 3 is 2.83 bits per heavy atom. The summed E-state index contributed by atoms with van der Waals surface area (Å²) in [5.41, 5.74) is 0.292. The maximum Gasteiger partial charge on any atom is 0.422 e. The molecule has 0 spiro atoms. The van der Waals surface area contributed by atoms with Gasteiger partial charge in [-0.1, -0.05) is 0 Å². The first kappa shape index (κ1) is 16.2. The van der Waals surface area contributed by atoms with E-state index in [4.69, 9.17) is 9.47 Å². The molecule has 126 valence electrons. The normalized spacial score (nSPS) is 16.7. The number of hydrogen-bond acceptors (Lipinski definition) is 6. The van der Waals surface area contributed by atoms with Gasteiger partial charge in [-0.3, -0.25) is 0 Å². The number of anilines is 1. The van der Waals surface area contributed by atoms with E-state index in [1.807, 2.05) is 0 Å². The fourth-order valence-electron chi connectivity index (χ4n) is 2.17. The van der Waals surface area contributed by atoms with Gasteiger partial charge in [0, 0.05) is 19.3 Å². The molecule has 0 aromatic carbocycles. The van der Waals surface area contributed by atoms with Gasteiger partial charge in [0.1, 0.15) is 0 Å². The summed E-state index contributed by atoms with van der Waals surface area (Å²) in [6, 6.07) is 0.164. The van der Waals surface area contributed by atoms with Crippen molar-refractivity contribution in [3.63, 3.8) is 0 Å². The molecule has 0 bridgehead atoms. The average molecular weight is 396 g/mol. The van der Waals surface area contributed by atoms with Crippen LogP contribution in [0.5, 0.6) is 5.88 Å². The van der Waals surface area contributed by atoms with E-state index in [1.165, 1.54) is 10.7 Å². The molecule has 23 heavy (non-hydrogen) atoms. The van der Waals surface area contributed by atoms with Gasteiger partial charge in [-0.2, -0.15) is 22.7 Å². The lowest BCUT2D eigenvalue weighted by Crippen LogP contribution is -2.28. The third kappa shape index (κ3) is 4.02. The van der Waals surface area contributed by atoms with Gasteiger partial charge in [0.25, 0.3) is 5.88 Å². The lowest BCUT2D eigenvalue weighted by Gasteiger charge is -2.22. The van der Waals surface area contributed by atoms with Crippen molar-refractivity contribution < 1.29 is 22.6 Å². The molecular formula is C12H13BrF3N5O2. The molecule has 0 saturated carbocycles. The Morgan fingerprint density at radius 2 is 2.13 bits per heavy atom. The summed E-state index contributed by atoms with van der Waals surface area (Å²) in [5, 5.41) is 7.30. The zero-order valence-corrected chi connectivity index (χ0v) is 13.4. The summed E-state index contributed by atoms with van der Waals surface area (Å²) in [5.74, 6) is 0.168. The number of ether oxygens (including phenoxy) is 2. The molecule has 1 aliphatic rings. The molecule has 7 nitrogen and oxygen atoms in total. The van der Waals surface area contributed by atoms with Gasteiger partial charge in [-0.15, -0.1) is 5.10 Å². The van der Waals surface area contributed by atoms with Gasteiger partial charge in [0.2, 0.25) is 5.95 Å². The molecule has 1 fully saturated rings. The lowest BCUT2D eigenvalue weighted by molar-refractivity contribution is -0.154. The molecular weight excluding hydrogens is 383 g/mol. The van der Waals surface area contributed by atoms with Gasteiger partial charge in [-0.05, 0) is 28.8 Å². The standard InChI is InChI=1S/C12H13BrF3N5O2/c13-9-10(23-6-12(14,15)16)21-8(5-17-9)19-11(20-21)18-7-1-3-22-4-2-7/h5,7H,1-4,6H2,(H,18,20). The quantitative estimate of drug-likeness (QED) is 0.856. The van der Waals surface area contributed by atoms with Crippen molar-refractivity contribution >= 4 is 27.5 Å². The van der Waals surface area contributed by atoms with Gasteiger partial charge in [-0.25, -0.2) is 4.98 Å². The van der Waals surface area contributed by atoms with Crippen molar-refractivity contribution in [3.8, 4) is 5.88 Å². The summed E-state index contributed by atoms with van der Waals surface area (Å²) >= 11 is 3.06. The molecule has 2 aromatic rings. The zero-order chi connectivity index (χ0) is 16.4. The largest absolute Gasteiger partial charge is 0.466 e. The Kier molecular flexibility index (Phi) is 4.57. The second-order valence-electron chi connectivity index (χ2n) is 4.99. The van der Waals surface area contributed by atoms with Crippen LogP contribution in [-0.4, -0.2) is 51.6 Å². The van der Waals surface area contributed by atoms with Crippen molar-refractivity contribution in [3.05, 3.63) is 10.8 Å². The van der Waals surface area contributed by atoms with E-state index in [0.29, 0.717) is 24.8 Å². The second-order valence-corrected chi connectivity index (χ2v) is 5.75. The fourth-order valence-corrected chi connectivity index (χ4v) is 2.56. The Balaban J connectivity index is 1.83. The fraction of sp³-hybridized carbons (Fsp3) is 0.583. The van der Waals surface area contributed by atoms with Gasteiger partial charge in [0.05, 0.1) is 6.20 Å². The minimum atomic E-state index is -4.45. The van der Waals surface area contributed by atoms with Crippen molar-refractivity contribution in [1.29, 1.82) is 0 Å². The van der Waals surface area contributed by atoms with E-state index in [0.717, 1.165) is 12.8 Å². The first-order valence-electron chi connectivity index (χ1n) is 6.87. The van der Waals surface area contributed by atoms with Crippen molar-refractivity contribution in [2.45, 2.75) is 25.1 Å². The van der Waals surface area contributed by atoms with Crippen LogP contribution >= 0.6 is 15.9 Å². The number of nitrogens with zero attached hydrogens (tertiary/aromatic N) is 4. The Hall–Kier alpha value is -1.62. The van der Waals surface area contributed by atoms with E-state index < -0.39 is 12.8 Å². The van der Waals surface area contributed by atoms with E-state index >= 15 is 0 Å². The Bertz CT molecular complexity index is 687. The van der Waals surface area contributed by atoms with Gasteiger partial charge in [0.15, 0.2) is 16.9 Å². The number of nitrogens with one attached hydrogen (secondary N) is 1. The molecule has 1 N–H and O–H groups in total. The van der Waals surface area contributed by atoms with Crippen LogP contribution in [0.4, 0.5) is 19.1 Å². The highest BCUT2D eigenvalue weighted by Crippen LogP contribution is 2.26. The lowest BCUT2D eigenvalue weighted by atomic mass is 10.1. The Morgan fingerprint density at radius 1 is 1.39 bits per heavy atom. The molecule has 1 aliphatic heterocycles. The third-order valence-electron chi connectivity index (χ3n) is 3.22. The molecule has 2 aromatic heterocycles. The average Bonchev–Trinajstić information content (AvgIpc) is 2.89. The Labute approximate surface area is 137 Å². The zero-order valence-electron chi connectivity index (χ0n) is 11.8. The van der Waals surface area contributed by atoms with Crippen LogP contribution < -0.4 is 10.1 Å². The molecule has 1 saturated heterocycles. The van der Waals surface area contributed by atoms with Gasteiger partial charge >= 0.3 is 6.18 Å². The maximum atomic E-state index is 12.4. The van der Waals surface area contributed by atoms with Crippen LogP contribution in [0.3, 0.4) is 0 Å². The van der Waals surface area contributed by atoms with E-state index in [1.54, 1.807) is 0 Å². The second kappa shape index (κ2) is 6.48. The van der Waals surface area contributed by atoms with E-state index in [-0.39, 0.29) is 16.5 Å². The van der Waals surface area contributed by atoms with Crippen LogP contribution in [0.15, 0.2) is 10.8 Å². The monoisotopic (exact) mass is 395 g/mol. The third-order valence-corrected chi connectivity index (χ3v) is 3.77. The highest BCUT2D eigenvalue weighted by molar-refractivity contribution is 9.10. The number of hydrogen-bond donors (Lipinski definition) is 1. The predicted molar refractivity (Wildman–Crippen MR) is 77.5 cm³/mol. The van der Waals surface area contributed by atoms with Crippen molar-refractivity contribution in [2.24, 2.45) is 0 Å². The highest BCUT2D eigenvalue weighted by Gasteiger charge is 2.30. The minimum Gasteiger partial charge on any atom is -0.466 e. The molecule has 3 rings (SSSR count). The van der Waals surface area contributed by atoms with Crippen LogP contribution in [0.25, 0.3) is 5.65 Å². The van der Waals surface area contributed by atoms with Crippen LogP contribution in [0.2, 0.25) is 0 Å². The molecule has 11 heteroatoms. The molecule has 0 atom stereocenters. The smallest absolute Gasteiger partial charge is 0.422 e. The number of halogens is 4. The SMILES string of the molecule is FC(F)(F)COc1c(Br)ncc2nc(NC3CCOCC3)nn12. The van der Waals surface area contributed by atoms with Crippen molar-refractivity contribution in [2.75, 3.05) is 25.1 Å².